The van der Waals surface area contributed by atoms with Gasteiger partial charge in [-0.2, -0.15) is 0 Å². The molecule has 1 fully saturated rings. The summed E-state index contributed by atoms with van der Waals surface area (Å²) in [5.74, 6) is 1.02. The van der Waals surface area contributed by atoms with Crippen LogP contribution in [0.15, 0.2) is 0 Å². The molecule has 3 N–H and O–H groups in total. The molecule has 3 nitrogen and oxygen atoms in total. The van der Waals surface area contributed by atoms with Crippen LogP contribution < -0.4 is 10.6 Å². The lowest BCUT2D eigenvalue weighted by Gasteiger charge is -2.41. The van der Waals surface area contributed by atoms with Crippen molar-refractivity contribution >= 4 is 0 Å². The number of rotatable bonds is 5. The first-order valence-corrected chi connectivity index (χ1v) is 6.74. The molecule has 0 bridgehead atoms. The SMILES string of the molecule is CCC(CO)C(CC)C1CNC(C)C(C)N1. The summed E-state index contributed by atoms with van der Waals surface area (Å²) in [5, 5.41) is 16.7. The van der Waals surface area contributed by atoms with Crippen LogP contribution in [0.2, 0.25) is 0 Å². The Bertz CT molecular complexity index is 194. The summed E-state index contributed by atoms with van der Waals surface area (Å²) in [4.78, 5) is 0. The van der Waals surface area contributed by atoms with E-state index in [1.807, 2.05) is 0 Å². The molecule has 1 rings (SSSR count). The zero-order valence-corrected chi connectivity index (χ0v) is 11.2. The van der Waals surface area contributed by atoms with Gasteiger partial charge in [0.15, 0.2) is 0 Å². The van der Waals surface area contributed by atoms with E-state index in [9.17, 15) is 5.11 Å². The summed E-state index contributed by atoms with van der Waals surface area (Å²) in [5.41, 5.74) is 0. The van der Waals surface area contributed by atoms with Crippen LogP contribution in [-0.2, 0) is 0 Å². The highest BCUT2D eigenvalue weighted by Gasteiger charge is 2.31. The zero-order chi connectivity index (χ0) is 12.1. The molecule has 1 aliphatic heterocycles. The van der Waals surface area contributed by atoms with E-state index in [2.05, 4.69) is 38.3 Å². The lowest BCUT2D eigenvalue weighted by Crippen LogP contribution is -2.61. The molecular weight excluding hydrogens is 200 g/mol. The molecule has 3 heteroatoms. The quantitative estimate of drug-likeness (QED) is 0.666. The average Bonchev–Trinajstić information content (AvgIpc) is 2.29. The van der Waals surface area contributed by atoms with Gasteiger partial charge < -0.3 is 15.7 Å². The number of aliphatic hydroxyl groups excluding tert-OH is 1. The van der Waals surface area contributed by atoms with Crippen LogP contribution in [0.25, 0.3) is 0 Å². The molecule has 96 valence electrons. The summed E-state index contributed by atoms with van der Waals surface area (Å²) >= 11 is 0. The Balaban J connectivity index is 2.59. The van der Waals surface area contributed by atoms with Crippen LogP contribution in [-0.4, -0.2) is 36.4 Å². The predicted molar refractivity (Wildman–Crippen MR) is 68.5 cm³/mol. The van der Waals surface area contributed by atoms with Gasteiger partial charge in [-0.15, -0.1) is 0 Å². The van der Waals surface area contributed by atoms with Crippen LogP contribution in [0.5, 0.6) is 0 Å². The van der Waals surface area contributed by atoms with Gasteiger partial charge in [0.25, 0.3) is 0 Å². The molecule has 0 saturated carbocycles. The lowest BCUT2D eigenvalue weighted by molar-refractivity contribution is 0.119. The topological polar surface area (TPSA) is 44.3 Å². The van der Waals surface area contributed by atoms with E-state index in [4.69, 9.17) is 0 Å². The minimum absolute atomic E-state index is 0.317. The van der Waals surface area contributed by atoms with Gasteiger partial charge >= 0.3 is 0 Å². The summed E-state index contributed by atoms with van der Waals surface area (Å²) < 4.78 is 0. The number of nitrogens with one attached hydrogen (secondary N) is 2. The Kier molecular flexibility index (Phi) is 5.73. The molecule has 1 heterocycles. The van der Waals surface area contributed by atoms with Crippen molar-refractivity contribution < 1.29 is 5.11 Å². The van der Waals surface area contributed by atoms with Crippen molar-refractivity contribution in [1.82, 2.24) is 10.6 Å². The molecule has 5 unspecified atom stereocenters. The molecule has 0 amide bonds. The Morgan fingerprint density at radius 1 is 1.19 bits per heavy atom. The fourth-order valence-corrected chi connectivity index (χ4v) is 2.82. The van der Waals surface area contributed by atoms with Crippen molar-refractivity contribution in [3.63, 3.8) is 0 Å². The van der Waals surface area contributed by atoms with Crippen molar-refractivity contribution in [1.29, 1.82) is 0 Å². The number of hydrogen-bond acceptors (Lipinski definition) is 3. The van der Waals surface area contributed by atoms with Gasteiger partial charge in [0.2, 0.25) is 0 Å². The first-order valence-electron chi connectivity index (χ1n) is 6.74. The number of aliphatic hydroxyl groups is 1. The van der Waals surface area contributed by atoms with Crippen molar-refractivity contribution in [3.8, 4) is 0 Å². The van der Waals surface area contributed by atoms with E-state index in [-0.39, 0.29) is 0 Å². The van der Waals surface area contributed by atoms with Crippen LogP contribution >= 0.6 is 0 Å². The van der Waals surface area contributed by atoms with Gasteiger partial charge in [0.1, 0.15) is 0 Å². The van der Waals surface area contributed by atoms with Crippen molar-refractivity contribution in [2.24, 2.45) is 11.8 Å². The highest BCUT2D eigenvalue weighted by molar-refractivity contribution is 4.91. The summed E-state index contributed by atoms with van der Waals surface area (Å²) in [7, 11) is 0. The fraction of sp³-hybridized carbons (Fsp3) is 1.00. The Labute approximate surface area is 100 Å². The summed E-state index contributed by atoms with van der Waals surface area (Å²) in [6, 6.07) is 1.57. The van der Waals surface area contributed by atoms with E-state index >= 15 is 0 Å². The second-order valence-electron chi connectivity index (χ2n) is 5.18. The van der Waals surface area contributed by atoms with E-state index in [0.29, 0.717) is 36.6 Å². The largest absolute Gasteiger partial charge is 0.396 e. The first kappa shape index (κ1) is 13.9. The smallest absolute Gasteiger partial charge is 0.0462 e. The Morgan fingerprint density at radius 3 is 2.31 bits per heavy atom. The van der Waals surface area contributed by atoms with Crippen LogP contribution in [0.1, 0.15) is 40.5 Å². The minimum Gasteiger partial charge on any atom is -0.396 e. The molecule has 5 atom stereocenters. The minimum atomic E-state index is 0.317. The maximum absolute atomic E-state index is 9.43. The summed E-state index contributed by atoms with van der Waals surface area (Å²) in [6.07, 6.45) is 2.20. The lowest BCUT2D eigenvalue weighted by atomic mass is 9.81. The van der Waals surface area contributed by atoms with Gasteiger partial charge in [0.05, 0.1) is 0 Å². The fourth-order valence-electron chi connectivity index (χ4n) is 2.82. The molecule has 0 aromatic heterocycles. The van der Waals surface area contributed by atoms with Crippen LogP contribution in [0, 0.1) is 11.8 Å². The number of piperazine rings is 1. The highest BCUT2D eigenvalue weighted by atomic mass is 16.3. The molecule has 0 radical (unpaired) electrons. The van der Waals surface area contributed by atoms with Crippen molar-refractivity contribution in [3.05, 3.63) is 0 Å². The van der Waals surface area contributed by atoms with Crippen LogP contribution in [0.3, 0.4) is 0 Å². The highest BCUT2D eigenvalue weighted by Crippen LogP contribution is 2.24. The van der Waals surface area contributed by atoms with Crippen LogP contribution in [0.4, 0.5) is 0 Å². The zero-order valence-electron chi connectivity index (χ0n) is 11.2. The molecular formula is C13H28N2O. The first-order chi connectivity index (χ1) is 7.63. The van der Waals surface area contributed by atoms with Crippen molar-refractivity contribution in [2.75, 3.05) is 13.2 Å². The summed E-state index contributed by atoms with van der Waals surface area (Å²) in [6.45, 7) is 10.2. The van der Waals surface area contributed by atoms with E-state index < -0.39 is 0 Å². The maximum atomic E-state index is 9.43. The van der Waals surface area contributed by atoms with Gasteiger partial charge in [-0.05, 0) is 25.7 Å². The molecule has 0 aliphatic carbocycles. The third-order valence-corrected chi connectivity index (χ3v) is 4.24. The molecule has 1 aliphatic rings. The second-order valence-corrected chi connectivity index (χ2v) is 5.18. The average molecular weight is 228 g/mol. The Morgan fingerprint density at radius 2 is 1.88 bits per heavy atom. The molecule has 0 aromatic rings. The maximum Gasteiger partial charge on any atom is 0.0462 e. The van der Waals surface area contributed by atoms with Gasteiger partial charge in [0, 0.05) is 31.3 Å². The van der Waals surface area contributed by atoms with E-state index in [1.165, 1.54) is 0 Å². The van der Waals surface area contributed by atoms with Gasteiger partial charge in [-0.3, -0.25) is 0 Å². The van der Waals surface area contributed by atoms with E-state index in [1.54, 1.807) is 0 Å². The van der Waals surface area contributed by atoms with Crippen molar-refractivity contribution in [2.45, 2.75) is 58.7 Å². The standard InChI is InChI=1S/C13H28N2O/c1-5-11(8-16)12(6-2)13-7-14-9(3)10(4)15-13/h9-16H,5-8H2,1-4H3. The third-order valence-electron chi connectivity index (χ3n) is 4.24. The van der Waals surface area contributed by atoms with Gasteiger partial charge in [-0.25, -0.2) is 0 Å². The normalized spacial score (nSPS) is 34.7. The third kappa shape index (κ3) is 3.19. The Hall–Kier alpha value is -0.120. The second kappa shape index (κ2) is 6.58. The van der Waals surface area contributed by atoms with Gasteiger partial charge in [-0.1, -0.05) is 26.7 Å². The monoisotopic (exact) mass is 228 g/mol. The molecule has 0 spiro atoms. The van der Waals surface area contributed by atoms with E-state index in [0.717, 1.165) is 19.4 Å². The molecule has 16 heavy (non-hydrogen) atoms. The number of hydrogen-bond donors (Lipinski definition) is 3. The molecule has 1 saturated heterocycles. The molecule has 0 aromatic carbocycles. The predicted octanol–water partition coefficient (Wildman–Crippen LogP) is 1.37.